The lowest BCUT2D eigenvalue weighted by Gasteiger charge is -2.27. The largest absolute Gasteiger partial charge is 0.309 e. The van der Waals surface area contributed by atoms with Crippen LogP contribution < -0.4 is 4.90 Å². The van der Waals surface area contributed by atoms with Gasteiger partial charge in [0.15, 0.2) is 0 Å². The molecular formula is C14H12ClN3O. The van der Waals surface area contributed by atoms with Crippen molar-refractivity contribution >= 4 is 34.1 Å². The molecule has 1 aromatic carbocycles. The summed E-state index contributed by atoms with van der Waals surface area (Å²) in [5, 5.41) is 1.17. The number of anilines is 1. The highest BCUT2D eigenvalue weighted by atomic mass is 35.5. The summed E-state index contributed by atoms with van der Waals surface area (Å²) in [5.41, 5.74) is 1.72. The molecule has 1 aliphatic heterocycles. The van der Waals surface area contributed by atoms with Gasteiger partial charge in [0, 0.05) is 29.2 Å². The van der Waals surface area contributed by atoms with Gasteiger partial charge in [0.1, 0.15) is 0 Å². The van der Waals surface area contributed by atoms with Crippen LogP contribution in [0, 0.1) is 5.92 Å². The van der Waals surface area contributed by atoms with E-state index in [2.05, 4.69) is 9.97 Å². The number of aromatic nitrogens is 2. The molecule has 1 aliphatic carbocycles. The number of hydrogen-bond acceptors (Lipinski definition) is 3. The normalized spacial score (nSPS) is 25.5. The monoisotopic (exact) mass is 273 g/mol. The Kier molecular flexibility index (Phi) is 2.30. The summed E-state index contributed by atoms with van der Waals surface area (Å²) in [4.78, 5) is 22.3. The van der Waals surface area contributed by atoms with Crippen LogP contribution in [0.3, 0.4) is 0 Å². The predicted molar refractivity (Wildman–Crippen MR) is 73.2 cm³/mol. The first-order valence-electron chi connectivity index (χ1n) is 6.48. The van der Waals surface area contributed by atoms with Gasteiger partial charge in [0.05, 0.1) is 5.52 Å². The molecule has 1 saturated carbocycles. The van der Waals surface area contributed by atoms with E-state index in [1.807, 2.05) is 23.1 Å². The van der Waals surface area contributed by atoms with Crippen molar-refractivity contribution < 1.29 is 4.79 Å². The molecule has 19 heavy (non-hydrogen) atoms. The molecule has 4 nitrogen and oxygen atoms in total. The Labute approximate surface area is 115 Å². The van der Waals surface area contributed by atoms with E-state index in [0.717, 1.165) is 35.9 Å². The number of rotatable bonds is 1. The van der Waals surface area contributed by atoms with Crippen LogP contribution in [-0.4, -0.2) is 21.9 Å². The fourth-order valence-corrected chi connectivity index (χ4v) is 3.41. The highest BCUT2D eigenvalue weighted by molar-refractivity contribution is 6.28. The Balaban J connectivity index is 1.81. The van der Waals surface area contributed by atoms with Gasteiger partial charge in [-0.25, -0.2) is 9.97 Å². The summed E-state index contributed by atoms with van der Waals surface area (Å²) in [6.45, 7) is 0. The van der Waals surface area contributed by atoms with Crippen LogP contribution in [0.25, 0.3) is 10.9 Å². The van der Waals surface area contributed by atoms with Crippen molar-refractivity contribution in [2.24, 2.45) is 5.92 Å². The topological polar surface area (TPSA) is 46.1 Å². The molecule has 2 fully saturated rings. The van der Waals surface area contributed by atoms with E-state index in [1.165, 1.54) is 0 Å². The number of amides is 1. The average molecular weight is 274 g/mol. The zero-order valence-electron chi connectivity index (χ0n) is 10.2. The molecule has 0 N–H and O–H groups in total. The van der Waals surface area contributed by atoms with Crippen LogP contribution in [0.2, 0.25) is 5.28 Å². The van der Waals surface area contributed by atoms with E-state index in [9.17, 15) is 4.79 Å². The lowest BCUT2D eigenvalue weighted by atomic mass is 10.1. The number of benzene rings is 1. The van der Waals surface area contributed by atoms with Crippen molar-refractivity contribution in [2.75, 3.05) is 4.90 Å². The maximum Gasteiger partial charge on any atom is 0.230 e. The van der Waals surface area contributed by atoms with E-state index in [-0.39, 0.29) is 17.1 Å². The van der Waals surface area contributed by atoms with Gasteiger partial charge in [-0.3, -0.25) is 4.79 Å². The average Bonchev–Trinajstić information content (AvgIpc) is 2.98. The van der Waals surface area contributed by atoms with Crippen LogP contribution in [0.5, 0.6) is 0 Å². The molecule has 2 atom stereocenters. The second-order valence-electron chi connectivity index (χ2n) is 5.25. The molecule has 2 aliphatic rings. The minimum atomic E-state index is 0.231. The second kappa shape index (κ2) is 3.90. The quantitative estimate of drug-likeness (QED) is 0.751. The molecule has 2 bridgehead atoms. The maximum atomic E-state index is 12.2. The molecule has 2 aromatic rings. The minimum Gasteiger partial charge on any atom is -0.309 e. The van der Waals surface area contributed by atoms with E-state index in [4.69, 9.17) is 11.6 Å². The molecule has 5 heteroatoms. The van der Waals surface area contributed by atoms with Crippen molar-refractivity contribution in [3.63, 3.8) is 0 Å². The van der Waals surface area contributed by atoms with Crippen molar-refractivity contribution in [1.29, 1.82) is 0 Å². The molecule has 2 heterocycles. The smallest absolute Gasteiger partial charge is 0.230 e. The summed E-state index contributed by atoms with van der Waals surface area (Å²) in [7, 11) is 0. The van der Waals surface area contributed by atoms with Gasteiger partial charge in [0.25, 0.3) is 0 Å². The van der Waals surface area contributed by atoms with Gasteiger partial charge in [-0.15, -0.1) is 0 Å². The van der Waals surface area contributed by atoms with Crippen LogP contribution in [0.1, 0.15) is 19.3 Å². The Morgan fingerprint density at radius 3 is 3.00 bits per heavy atom. The third-order valence-electron chi connectivity index (χ3n) is 4.17. The third-order valence-corrected chi connectivity index (χ3v) is 4.35. The Bertz CT molecular complexity index is 687. The molecule has 0 radical (unpaired) electrons. The number of carbonyl (C=O) groups is 1. The van der Waals surface area contributed by atoms with E-state index < -0.39 is 0 Å². The number of piperidine rings is 1. The molecule has 4 rings (SSSR count). The lowest BCUT2D eigenvalue weighted by molar-refractivity contribution is -0.121. The number of hydrogen-bond donors (Lipinski definition) is 0. The predicted octanol–water partition coefficient (Wildman–Crippen LogP) is 2.80. The Morgan fingerprint density at radius 2 is 2.21 bits per heavy atom. The number of fused-ring (bicyclic) bond motifs is 3. The SMILES string of the molecule is O=C1C2CC[C@@H](C2)N1c1ccc2cnc(Cl)nc2c1. The molecule has 1 saturated heterocycles. The summed E-state index contributed by atoms with van der Waals surface area (Å²) >= 11 is 5.82. The van der Waals surface area contributed by atoms with Gasteiger partial charge >= 0.3 is 0 Å². The van der Waals surface area contributed by atoms with Crippen molar-refractivity contribution in [3.8, 4) is 0 Å². The first-order valence-corrected chi connectivity index (χ1v) is 6.85. The lowest BCUT2D eigenvalue weighted by Crippen LogP contribution is -2.36. The van der Waals surface area contributed by atoms with Crippen LogP contribution in [0.4, 0.5) is 5.69 Å². The zero-order valence-corrected chi connectivity index (χ0v) is 11.0. The van der Waals surface area contributed by atoms with Crippen molar-refractivity contribution in [3.05, 3.63) is 29.7 Å². The van der Waals surface area contributed by atoms with Crippen LogP contribution in [-0.2, 0) is 4.79 Å². The van der Waals surface area contributed by atoms with Crippen LogP contribution in [0.15, 0.2) is 24.4 Å². The molecule has 0 spiro atoms. The Hall–Kier alpha value is -1.68. The molecular weight excluding hydrogens is 262 g/mol. The first kappa shape index (κ1) is 11.2. The number of nitrogens with zero attached hydrogens (tertiary/aromatic N) is 3. The van der Waals surface area contributed by atoms with Gasteiger partial charge in [0.2, 0.25) is 11.2 Å². The summed E-state index contributed by atoms with van der Waals surface area (Å²) in [6.07, 6.45) is 4.86. The first-order chi connectivity index (χ1) is 9.22. The fourth-order valence-electron chi connectivity index (χ4n) is 3.27. The zero-order chi connectivity index (χ0) is 13.0. The van der Waals surface area contributed by atoms with E-state index in [0.29, 0.717) is 6.04 Å². The molecule has 1 amide bonds. The second-order valence-corrected chi connectivity index (χ2v) is 5.59. The van der Waals surface area contributed by atoms with E-state index >= 15 is 0 Å². The molecule has 1 unspecified atom stereocenters. The highest BCUT2D eigenvalue weighted by Crippen LogP contribution is 2.41. The fraction of sp³-hybridized carbons (Fsp3) is 0.357. The van der Waals surface area contributed by atoms with Gasteiger partial charge in [-0.1, -0.05) is 0 Å². The summed E-state index contributed by atoms with van der Waals surface area (Å²) in [6, 6.07) is 6.22. The number of carbonyl (C=O) groups excluding carboxylic acids is 1. The maximum absolute atomic E-state index is 12.2. The third kappa shape index (κ3) is 1.63. The number of halogens is 1. The highest BCUT2D eigenvalue weighted by Gasteiger charge is 2.45. The Morgan fingerprint density at radius 1 is 1.32 bits per heavy atom. The summed E-state index contributed by atoms with van der Waals surface area (Å²) in [5.74, 6) is 0.491. The standard InChI is InChI=1S/C14H12ClN3O/c15-14-16-7-9-2-4-11(6-12(9)17-14)18-10-3-1-8(5-10)13(18)19/h2,4,6-8,10H,1,3,5H2/t8?,10-/m0/s1. The van der Waals surface area contributed by atoms with Crippen molar-refractivity contribution in [2.45, 2.75) is 25.3 Å². The van der Waals surface area contributed by atoms with Gasteiger partial charge in [-0.2, -0.15) is 0 Å². The van der Waals surface area contributed by atoms with E-state index in [1.54, 1.807) is 6.20 Å². The van der Waals surface area contributed by atoms with Gasteiger partial charge in [-0.05, 0) is 49.1 Å². The minimum absolute atomic E-state index is 0.231. The molecule has 96 valence electrons. The molecule has 1 aromatic heterocycles. The van der Waals surface area contributed by atoms with Crippen LogP contribution >= 0.6 is 11.6 Å². The van der Waals surface area contributed by atoms with Crippen molar-refractivity contribution in [1.82, 2.24) is 9.97 Å². The summed E-state index contributed by atoms with van der Waals surface area (Å²) < 4.78 is 0. The van der Waals surface area contributed by atoms with Gasteiger partial charge < -0.3 is 4.90 Å².